The minimum absolute atomic E-state index is 0.193. The van der Waals surface area contributed by atoms with Crippen molar-refractivity contribution in [3.63, 3.8) is 0 Å². The van der Waals surface area contributed by atoms with E-state index in [1.807, 2.05) is 11.8 Å². The highest BCUT2D eigenvalue weighted by Gasteiger charge is 2.20. The van der Waals surface area contributed by atoms with Gasteiger partial charge in [-0.25, -0.2) is 4.79 Å². The number of thioether (sulfide) groups is 1. The first-order chi connectivity index (χ1) is 9.20. The number of hydrogen-bond donors (Lipinski definition) is 0. The maximum absolute atomic E-state index is 11.8. The van der Waals surface area contributed by atoms with Crippen LogP contribution in [0.15, 0.2) is 24.3 Å². The second kappa shape index (κ2) is 6.61. The normalized spacial score (nSPS) is 18.1. The lowest BCUT2D eigenvalue weighted by Crippen LogP contribution is -2.18. The van der Waals surface area contributed by atoms with Crippen LogP contribution in [-0.4, -0.2) is 36.0 Å². The molecule has 0 aromatic heterocycles. The summed E-state index contributed by atoms with van der Waals surface area (Å²) in [5.74, 6) is 1.24. The van der Waals surface area contributed by atoms with E-state index in [9.17, 15) is 9.59 Å². The van der Waals surface area contributed by atoms with Crippen LogP contribution < -0.4 is 4.74 Å². The largest absolute Gasteiger partial charge is 0.490 e. The monoisotopic (exact) mass is 280 g/mol. The van der Waals surface area contributed by atoms with Crippen LogP contribution >= 0.6 is 11.8 Å². The van der Waals surface area contributed by atoms with Gasteiger partial charge >= 0.3 is 5.97 Å². The molecule has 2 rings (SSSR count). The SMILES string of the molecule is CCOC(=O)C(=O)c1cccc(OC2CCSC2)c1. The van der Waals surface area contributed by atoms with Crippen molar-refractivity contribution in [2.45, 2.75) is 19.4 Å². The molecule has 19 heavy (non-hydrogen) atoms. The van der Waals surface area contributed by atoms with Gasteiger partial charge in [-0.2, -0.15) is 11.8 Å². The van der Waals surface area contributed by atoms with Crippen molar-refractivity contribution in [1.82, 2.24) is 0 Å². The van der Waals surface area contributed by atoms with Crippen molar-refractivity contribution < 1.29 is 19.1 Å². The van der Waals surface area contributed by atoms with E-state index < -0.39 is 11.8 Å². The zero-order valence-corrected chi connectivity index (χ0v) is 11.6. The highest BCUT2D eigenvalue weighted by atomic mass is 32.2. The van der Waals surface area contributed by atoms with Crippen molar-refractivity contribution in [1.29, 1.82) is 0 Å². The third kappa shape index (κ3) is 3.73. The fraction of sp³-hybridized carbons (Fsp3) is 0.429. The lowest BCUT2D eigenvalue weighted by atomic mass is 10.1. The maximum Gasteiger partial charge on any atom is 0.379 e. The number of esters is 1. The number of carbonyl (C=O) groups excluding carboxylic acids is 2. The molecule has 0 amide bonds. The van der Waals surface area contributed by atoms with Gasteiger partial charge in [-0.1, -0.05) is 12.1 Å². The van der Waals surface area contributed by atoms with Gasteiger partial charge in [0, 0.05) is 11.3 Å². The van der Waals surface area contributed by atoms with E-state index in [4.69, 9.17) is 9.47 Å². The Morgan fingerprint density at radius 3 is 2.95 bits per heavy atom. The minimum atomic E-state index is -0.823. The standard InChI is InChI=1S/C14H16O4S/c1-2-17-14(16)13(15)10-4-3-5-11(8-10)18-12-6-7-19-9-12/h3-5,8,12H,2,6-7,9H2,1H3. The molecule has 0 N–H and O–H groups in total. The van der Waals surface area contributed by atoms with Gasteiger partial charge in [-0.05, 0) is 31.2 Å². The number of Topliss-reactive ketones (excluding diaryl/α,β-unsaturated/α-hetero) is 1. The van der Waals surface area contributed by atoms with Gasteiger partial charge in [0.1, 0.15) is 11.9 Å². The molecule has 1 saturated heterocycles. The summed E-state index contributed by atoms with van der Waals surface area (Å²) in [5.41, 5.74) is 0.307. The van der Waals surface area contributed by atoms with Crippen molar-refractivity contribution in [2.24, 2.45) is 0 Å². The molecular formula is C14H16O4S. The molecule has 1 aromatic carbocycles. The summed E-state index contributed by atoms with van der Waals surface area (Å²) in [6.45, 7) is 1.86. The van der Waals surface area contributed by atoms with Crippen LogP contribution in [0, 0.1) is 0 Å². The maximum atomic E-state index is 11.8. The van der Waals surface area contributed by atoms with Crippen LogP contribution in [0.2, 0.25) is 0 Å². The Morgan fingerprint density at radius 2 is 2.26 bits per heavy atom. The van der Waals surface area contributed by atoms with Gasteiger partial charge in [-0.15, -0.1) is 0 Å². The molecule has 0 bridgehead atoms. The molecule has 5 heteroatoms. The molecule has 1 aliphatic rings. The molecule has 0 radical (unpaired) electrons. The molecule has 1 atom stereocenters. The van der Waals surface area contributed by atoms with Crippen molar-refractivity contribution in [3.8, 4) is 5.75 Å². The van der Waals surface area contributed by atoms with Crippen LogP contribution in [0.3, 0.4) is 0 Å². The molecule has 102 valence electrons. The Hall–Kier alpha value is -1.49. The van der Waals surface area contributed by atoms with E-state index in [-0.39, 0.29) is 12.7 Å². The molecule has 1 fully saturated rings. The molecule has 1 unspecified atom stereocenters. The molecule has 1 aliphatic heterocycles. The van der Waals surface area contributed by atoms with Crippen molar-refractivity contribution in [2.75, 3.05) is 18.1 Å². The second-order valence-corrected chi connectivity index (χ2v) is 5.33. The van der Waals surface area contributed by atoms with E-state index in [0.717, 1.165) is 17.9 Å². The van der Waals surface area contributed by atoms with Gasteiger partial charge in [0.15, 0.2) is 0 Å². The van der Waals surface area contributed by atoms with Crippen LogP contribution in [0.25, 0.3) is 0 Å². The van der Waals surface area contributed by atoms with Gasteiger partial charge in [0.05, 0.1) is 6.61 Å². The lowest BCUT2D eigenvalue weighted by molar-refractivity contribution is -0.137. The van der Waals surface area contributed by atoms with E-state index in [1.165, 1.54) is 0 Å². The Kier molecular flexibility index (Phi) is 4.85. The first-order valence-corrected chi connectivity index (χ1v) is 7.42. The highest BCUT2D eigenvalue weighted by molar-refractivity contribution is 7.99. The summed E-state index contributed by atoms with van der Waals surface area (Å²) in [5, 5.41) is 0. The summed E-state index contributed by atoms with van der Waals surface area (Å²) < 4.78 is 10.5. The molecule has 0 saturated carbocycles. The number of ketones is 1. The molecule has 1 heterocycles. The zero-order chi connectivity index (χ0) is 13.7. The van der Waals surface area contributed by atoms with Crippen LogP contribution in [0.5, 0.6) is 5.75 Å². The number of carbonyl (C=O) groups is 2. The van der Waals surface area contributed by atoms with Gasteiger partial charge < -0.3 is 9.47 Å². The molecule has 0 aliphatic carbocycles. The van der Waals surface area contributed by atoms with E-state index in [1.54, 1.807) is 31.2 Å². The Bertz CT molecular complexity index is 466. The van der Waals surface area contributed by atoms with Gasteiger partial charge in [0.2, 0.25) is 0 Å². The molecule has 0 spiro atoms. The van der Waals surface area contributed by atoms with Gasteiger partial charge in [0.25, 0.3) is 5.78 Å². The number of ether oxygens (including phenoxy) is 2. The van der Waals surface area contributed by atoms with E-state index in [0.29, 0.717) is 11.3 Å². The highest BCUT2D eigenvalue weighted by Crippen LogP contribution is 2.23. The Balaban J connectivity index is 2.05. The molecular weight excluding hydrogens is 264 g/mol. The summed E-state index contributed by atoms with van der Waals surface area (Å²) in [7, 11) is 0. The summed E-state index contributed by atoms with van der Waals surface area (Å²) >= 11 is 1.86. The first-order valence-electron chi connectivity index (χ1n) is 6.26. The summed E-state index contributed by atoms with van der Waals surface area (Å²) in [4.78, 5) is 23.2. The molecule has 1 aromatic rings. The number of rotatable bonds is 5. The van der Waals surface area contributed by atoms with Crippen LogP contribution in [0.1, 0.15) is 23.7 Å². The summed E-state index contributed by atoms with van der Waals surface area (Å²) in [6, 6.07) is 6.70. The minimum Gasteiger partial charge on any atom is -0.490 e. The topological polar surface area (TPSA) is 52.6 Å². The third-order valence-electron chi connectivity index (χ3n) is 2.75. The van der Waals surface area contributed by atoms with Crippen LogP contribution in [-0.2, 0) is 9.53 Å². The summed E-state index contributed by atoms with van der Waals surface area (Å²) in [6.07, 6.45) is 1.21. The van der Waals surface area contributed by atoms with Crippen molar-refractivity contribution >= 4 is 23.5 Å². The Labute approximate surface area is 116 Å². The average Bonchev–Trinajstić information content (AvgIpc) is 2.91. The van der Waals surface area contributed by atoms with Crippen molar-refractivity contribution in [3.05, 3.63) is 29.8 Å². The fourth-order valence-electron chi connectivity index (χ4n) is 1.82. The number of benzene rings is 1. The zero-order valence-electron chi connectivity index (χ0n) is 10.8. The predicted molar refractivity (Wildman–Crippen MR) is 73.8 cm³/mol. The average molecular weight is 280 g/mol. The first kappa shape index (κ1) is 13.9. The second-order valence-electron chi connectivity index (χ2n) is 4.18. The number of hydrogen-bond acceptors (Lipinski definition) is 5. The quantitative estimate of drug-likeness (QED) is 0.470. The fourth-order valence-corrected chi connectivity index (χ4v) is 2.92. The van der Waals surface area contributed by atoms with Gasteiger partial charge in [-0.3, -0.25) is 4.79 Å². The molecule has 4 nitrogen and oxygen atoms in total. The Morgan fingerprint density at radius 1 is 1.42 bits per heavy atom. The van der Waals surface area contributed by atoms with E-state index >= 15 is 0 Å². The predicted octanol–water partition coefficient (Wildman–Crippen LogP) is 2.32. The van der Waals surface area contributed by atoms with Crippen LogP contribution in [0.4, 0.5) is 0 Å². The smallest absolute Gasteiger partial charge is 0.379 e. The third-order valence-corrected chi connectivity index (χ3v) is 3.88. The van der Waals surface area contributed by atoms with E-state index in [2.05, 4.69) is 0 Å². The lowest BCUT2D eigenvalue weighted by Gasteiger charge is -2.12.